The van der Waals surface area contributed by atoms with Gasteiger partial charge in [-0.05, 0) is 46.7 Å². The molecule has 7 nitrogen and oxygen atoms in total. The fraction of sp³-hybridized carbons (Fsp3) is 0.235. The Labute approximate surface area is 183 Å². The molecule has 0 aliphatic rings. The highest BCUT2D eigenvalue weighted by Crippen LogP contribution is 2.37. The Morgan fingerprint density at radius 3 is 2.82 bits per heavy atom. The first kappa shape index (κ1) is 21.4. The average molecular weight is 553 g/mol. The molecule has 0 radical (unpaired) electrons. The molecule has 11 heteroatoms. The van der Waals surface area contributed by atoms with Gasteiger partial charge < -0.3 is 9.26 Å². The predicted octanol–water partition coefficient (Wildman–Crippen LogP) is 4.37. The second-order valence-corrected chi connectivity index (χ2v) is 8.90. The Hall–Kier alpha value is -1.26. The lowest BCUT2D eigenvalue weighted by atomic mass is 10.2. The molecule has 2 heterocycles. The molecule has 28 heavy (non-hydrogen) atoms. The molecule has 3 rings (SSSR count). The molecule has 1 aromatic carbocycles. The van der Waals surface area contributed by atoms with E-state index >= 15 is 0 Å². The van der Waals surface area contributed by atoms with Crippen molar-refractivity contribution in [2.45, 2.75) is 13.0 Å². The molecule has 0 aliphatic heterocycles. The largest absolute Gasteiger partial charge is 0.446 e. The minimum Gasteiger partial charge on any atom is -0.446 e. The van der Waals surface area contributed by atoms with E-state index in [0.717, 1.165) is 15.9 Å². The second-order valence-electron chi connectivity index (χ2n) is 5.74. The summed E-state index contributed by atoms with van der Waals surface area (Å²) in [5, 5.41) is 0.901. The number of ether oxygens (including phenoxy) is 1. The van der Waals surface area contributed by atoms with Crippen molar-refractivity contribution in [2.75, 3.05) is 6.61 Å². The van der Waals surface area contributed by atoms with Crippen LogP contribution in [0.25, 0.3) is 10.2 Å². The molecule has 0 saturated carbocycles. The summed E-state index contributed by atoms with van der Waals surface area (Å²) >= 11 is 9.15. The highest BCUT2D eigenvalue weighted by Gasteiger charge is 2.22. The Morgan fingerprint density at radius 2 is 2.14 bits per heavy atom. The number of halogens is 2. The van der Waals surface area contributed by atoms with Crippen LogP contribution in [-0.2, 0) is 18.1 Å². The number of rotatable bonds is 8. The standard InChI is InChI=1S/C17H15ClIN2O5PS/c1-20-15-13(14(23)21(17(20)24)6-3-7-25-27-19)12(9-22)16(28-15)26-11-5-2-4-10(18)8-11/h2,4-5,8-9,27H,3,6-7H2,1H3. The maximum absolute atomic E-state index is 12.9. The molecular weight excluding hydrogens is 538 g/mol. The van der Waals surface area contributed by atoms with Gasteiger partial charge in [0.2, 0.25) is 0 Å². The van der Waals surface area contributed by atoms with Gasteiger partial charge in [0.25, 0.3) is 5.56 Å². The van der Waals surface area contributed by atoms with Gasteiger partial charge in [0, 0.05) is 18.6 Å². The number of hydrogen-bond donors (Lipinski definition) is 0. The number of hydrogen-bond acceptors (Lipinski definition) is 6. The third kappa shape index (κ3) is 4.33. The number of carbonyl (C=O) groups is 1. The summed E-state index contributed by atoms with van der Waals surface area (Å²) in [7, 11) is 1.57. The lowest BCUT2D eigenvalue weighted by Gasteiger charge is -2.08. The van der Waals surface area contributed by atoms with Crippen LogP contribution in [0.15, 0.2) is 33.9 Å². The monoisotopic (exact) mass is 552 g/mol. The summed E-state index contributed by atoms with van der Waals surface area (Å²) in [5.74, 6) is 0.435. The maximum atomic E-state index is 12.9. The fourth-order valence-electron chi connectivity index (χ4n) is 2.69. The van der Waals surface area contributed by atoms with Crippen molar-refractivity contribution < 1.29 is 14.1 Å². The molecule has 0 N–H and O–H groups in total. The smallest absolute Gasteiger partial charge is 0.331 e. The van der Waals surface area contributed by atoms with Gasteiger partial charge in [-0.2, -0.15) is 0 Å². The van der Waals surface area contributed by atoms with Crippen molar-refractivity contribution in [3.8, 4) is 10.8 Å². The Bertz CT molecular complexity index is 1140. The zero-order chi connectivity index (χ0) is 20.3. The molecule has 0 aliphatic carbocycles. The highest BCUT2D eigenvalue weighted by atomic mass is 127. The normalized spacial score (nSPS) is 11.5. The molecule has 0 spiro atoms. The van der Waals surface area contributed by atoms with Crippen molar-refractivity contribution in [2.24, 2.45) is 7.05 Å². The van der Waals surface area contributed by atoms with Crippen molar-refractivity contribution in [1.29, 1.82) is 0 Å². The van der Waals surface area contributed by atoms with Crippen LogP contribution in [0.4, 0.5) is 0 Å². The topological polar surface area (TPSA) is 79.5 Å². The van der Waals surface area contributed by atoms with Crippen LogP contribution in [0.5, 0.6) is 10.8 Å². The Kier molecular flexibility index (Phi) is 7.27. The van der Waals surface area contributed by atoms with Gasteiger partial charge in [0.05, 0.1) is 24.0 Å². The minimum atomic E-state index is -0.505. The number of aldehydes is 1. The molecule has 2 aromatic heterocycles. The third-order valence-corrected chi connectivity index (χ3v) is 6.62. The van der Waals surface area contributed by atoms with Crippen LogP contribution in [0.2, 0.25) is 5.02 Å². The van der Waals surface area contributed by atoms with Gasteiger partial charge in [-0.15, -0.1) is 0 Å². The molecule has 0 saturated heterocycles. The molecule has 0 fully saturated rings. The Balaban J connectivity index is 2.10. The van der Waals surface area contributed by atoms with Crippen LogP contribution < -0.4 is 16.0 Å². The number of nitrogens with zero attached hydrogens (tertiary/aromatic N) is 2. The van der Waals surface area contributed by atoms with E-state index in [2.05, 4.69) is 22.0 Å². The summed E-state index contributed by atoms with van der Waals surface area (Å²) in [5.41, 5.74) is -0.823. The fourth-order valence-corrected chi connectivity index (χ4v) is 4.85. The number of thiophene rings is 1. The third-order valence-electron chi connectivity index (χ3n) is 3.98. The molecule has 148 valence electrons. The predicted molar refractivity (Wildman–Crippen MR) is 121 cm³/mol. The van der Waals surface area contributed by atoms with Gasteiger partial charge in [-0.1, -0.05) is 29.0 Å². The zero-order valence-electron chi connectivity index (χ0n) is 14.6. The summed E-state index contributed by atoms with van der Waals surface area (Å²) in [6.07, 6.45) is 1.10. The van der Waals surface area contributed by atoms with E-state index in [1.807, 2.05) is 0 Å². The number of carbonyl (C=O) groups excluding carboxylic acids is 1. The molecule has 0 bridgehead atoms. The average Bonchev–Trinajstić information content (AvgIpc) is 3.04. The van der Waals surface area contributed by atoms with Crippen LogP contribution in [0.1, 0.15) is 16.8 Å². The summed E-state index contributed by atoms with van der Waals surface area (Å²) in [6, 6.07) is 6.71. The first-order valence-corrected chi connectivity index (χ1v) is 13.3. The van der Waals surface area contributed by atoms with E-state index in [0.29, 0.717) is 41.4 Å². The van der Waals surface area contributed by atoms with E-state index in [4.69, 9.17) is 20.9 Å². The van der Waals surface area contributed by atoms with Gasteiger partial charge in [-0.25, -0.2) is 4.79 Å². The lowest BCUT2D eigenvalue weighted by Crippen LogP contribution is -2.39. The van der Waals surface area contributed by atoms with Crippen molar-refractivity contribution in [1.82, 2.24) is 9.13 Å². The van der Waals surface area contributed by atoms with E-state index in [9.17, 15) is 14.4 Å². The van der Waals surface area contributed by atoms with Gasteiger partial charge in [0.1, 0.15) is 10.6 Å². The van der Waals surface area contributed by atoms with Gasteiger partial charge in [-0.3, -0.25) is 18.7 Å². The van der Waals surface area contributed by atoms with Gasteiger partial charge in [0.15, 0.2) is 11.3 Å². The highest BCUT2D eigenvalue weighted by molar-refractivity contribution is 14.2. The Morgan fingerprint density at radius 1 is 1.36 bits per heavy atom. The number of aryl methyl sites for hydroxylation is 1. The van der Waals surface area contributed by atoms with Crippen molar-refractivity contribution in [3.63, 3.8) is 0 Å². The molecule has 1 unspecified atom stereocenters. The maximum Gasteiger partial charge on any atom is 0.331 e. The van der Waals surface area contributed by atoms with E-state index in [-0.39, 0.29) is 22.6 Å². The molecule has 3 aromatic rings. The number of fused-ring (bicyclic) bond motifs is 1. The van der Waals surface area contributed by atoms with Crippen LogP contribution >= 0.6 is 51.4 Å². The summed E-state index contributed by atoms with van der Waals surface area (Å²) in [6.45, 7) is 0.973. The number of benzene rings is 1. The lowest BCUT2D eigenvalue weighted by molar-refractivity contribution is 0.112. The minimum absolute atomic E-state index is 0.124. The van der Waals surface area contributed by atoms with Crippen LogP contribution in [-0.4, -0.2) is 22.0 Å². The van der Waals surface area contributed by atoms with Crippen LogP contribution in [0.3, 0.4) is 0 Å². The SMILES string of the molecule is Cn1c(=O)n(CCCOPI)c(=O)c2c(C=O)c(Oc3cccc(Cl)c3)sc21. The summed E-state index contributed by atoms with van der Waals surface area (Å²) < 4.78 is 13.6. The summed E-state index contributed by atoms with van der Waals surface area (Å²) in [4.78, 5) is 37.7. The quantitative estimate of drug-likeness (QED) is 0.180. The first-order valence-electron chi connectivity index (χ1n) is 8.10. The second kappa shape index (κ2) is 9.49. The van der Waals surface area contributed by atoms with Crippen LogP contribution in [0, 0.1) is 0 Å². The van der Waals surface area contributed by atoms with E-state index < -0.39 is 11.2 Å². The molecule has 0 amide bonds. The van der Waals surface area contributed by atoms with Crippen molar-refractivity contribution >= 4 is 67.9 Å². The molecule has 1 atom stereocenters. The van der Waals surface area contributed by atoms with E-state index in [1.165, 1.54) is 4.57 Å². The first-order chi connectivity index (χ1) is 13.5. The van der Waals surface area contributed by atoms with E-state index in [1.54, 1.807) is 31.3 Å². The van der Waals surface area contributed by atoms with Gasteiger partial charge >= 0.3 is 5.69 Å². The number of aromatic nitrogens is 2. The zero-order valence-corrected chi connectivity index (χ0v) is 19.3. The van der Waals surface area contributed by atoms with Crippen molar-refractivity contribution in [3.05, 3.63) is 55.7 Å². The molecular formula is C17H15ClIN2O5PS.